The molecular weight excluding hydrogens is 563 g/mol. The van der Waals surface area contributed by atoms with Crippen LogP contribution in [-0.2, 0) is 18.4 Å². The number of aliphatic hydroxyl groups is 1. The molecule has 0 spiro atoms. The van der Waals surface area contributed by atoms with Gasteiger partial charge in [0.2, 0.25) is 5.91 Å². The minimum atomic E-state index is -4.32. The van der Waals surface area contributed by atoms with Crippen molar-refractivity contribution in [2.45, 2.75) is 148 Å². The minimum Gasteiger partial charge on any atom is -0.387 e. The second-order valence-electron chi connectivity index (χ2n) is 12.9. The fourth-order valence-electron chi connectivity index (χ4n) is 4.58. The Hall–Kier alpha value is -1.02. The molecule has 9 heteroatoms. The fraction of sp³-hybridized carbons (Fsp3) is 0.853. The zero-order valence-corrected chi connectivity index (χ0v) is 29.3. The van der Waals surface area contributed by atoms with Crippen molar-refractivity contribution in [2.24, 2.45) is 0 Å². The molecule has 0 fully saturated rings. The molecule has 0 heterocycles. The van der Waals surface area contributed by atoms with Crippen molar-refractivity contribution in [2.75, 3.05) is 40.9 Å². The summed E-state index contributed by atoms with van der Waals surface area (Å²) < 4.78 is 23.3. The van der Waals surface area contributed by atoms with Crippen molar-refractivity contribution >= 4 is 13.7 Å². The minimum absolute atomic E-state index is 0.0572. The number of likely N-dealkylation sites (N-methyl/N-ethyl adjacent to an activating group) is 1. The summed E-state index contributed by atoms with van der Waals surface area (Å²) >= 11 is 0. The maximum absolute atomic E-state index is 12.7. The van der Waals surface area contributed by atoms with Crippen LogP contribution in [0.25, 0.3) is 0 Å². The number of aliphatic hydroxyl groups excluding tert-OH is 1. The highest BCUT2D eigenvalue weighted by atomic mass is 31.2. The molecule has 1 amide bonds. The SMILES string of the molecule is CCCCC/C=C/CC/C=C/[C@@H](O)[C@H](COP(=O)(O)OCC[N+](C)(C)C)NC(=O)CCCCCCCCCCCCCC. The molecule has 0 aromatic carbocycles. The van der Waals surface area contributed by atoms with Gasteiger partial charge in [-0.3, -0.25) is 13.8 Å². The second kappa shape index (κ2) is 27.3. The summed E-state index contributed by atoms with van der Waals surface area (Å²) in [7, 11) is 1.55. The van der Waals surface area contributed by atoms with E-state index in [1.165, 1.54) is 77.0 Å². The van der Waals surface area contributed by atoms with Crippen LogP contribution in [0.5, 0.6) is 0 Å². The molecule has 0 saturated carbocycles. The number of carbonyl (C=O) groups is 1. The average molecular weight is 632 g/mol. The van der Waals surface area contributed by atoms with Gasteiger partial charge in [-0.05, 0) is 32.1 Å². The molecule has 0 bridgehead atoms. The first-order chi connectivity index (χ1) is 20.5. The molecular formula is C34H68N2O6P+. The highest BCUT2D eigenvalue weighted by Gasteiger charge is 2.27. The van der Waals surface area contributed by atoms with Gasteiger partial charge in [-0.25, -0.2) is 4.57 Å². The van der Waals surface area contributed by atoms with Crippen molar-refractivity contribution in [3.8, 4) is 0 Å². The maximum atomic E-state index is 12.7. The van der Waals surface area contributed by atoms with E-state index in [9.17, 15) is 19.4 Å². The zero-order chi connectivity index (χ0) is 32.2. The molecule has 0 aromatic heterocycles. The lowest BCUT2D eigenvalue weighted by atomic mass is 10.0. The van der Waals surface area contributed by atoms with E-state index in [1.807, 2.05) is 27.2 Å². The van der Waals surface area contributed by atoms with Crippen LogP contribution in [0, 0.1) is 0 Å². The maximum Gasteiger partial charge on any atom is 0.472 e. The summed E-state index contributed by atoms with van der Waals surface area (Å²) in [6.45, 7) is 4.70. The molecule has 0 radical (unpaired) electrons. The molecule has 1 unspecified atom stereocenters. The van der Waals surface area contributed by atoms with Crippen LogP contribution in [0.2, 0.25) is 0 Å². The summed E-state index contributed by atoms with van der Waals surface area (Å²) in [6.07, 6.45) is 28.2. The van der Waals surface area contributed by atoms with Crippen LogP contribution in [0.15, 0.2) is 24.3 Å². The van der Waals surface area contributed by atoms with Gasteiger partial charge in [0.15, 0.2) is 0 Å². The average Bonchev–Trinajstić information content (AvgIpc) is 2.94. The number of amides is 1. The Morgan fingerprint density at radius 2 is 1.28 bits per heavy atom. The molecule has 3 atom stereocenters. The Morgan fingerprint density at radius 1 is 0.767 bits per heavy atom. The number of carbonyl (C=O) groups excluding carboxylic acids is 1. The molecule has 254 valence electrons. The third kappa shape index (κ3) is 29.5. The van der Waals surface area contributed by atoms with Crippen molar-refractivity contribution in [1.82, 2.24) is 5.32 Å². The van der Waals surface area contributed by atoms with E-state index in [0.29, 0.717) is 17.4 Å². The van der Waals surface area contributed by atoms with Gasteiger partial charge < -0.3 is 19.8 Å². The molecule has 0 aliphatic rings. The van der Waals surface area contributed by atoms with E-state index in [4.69, 9.17) is 9.05 Å². The van der Waals surface area contributed by atoms with Gasteiger partial charge in [-0.15, -0.1) is 0 Å². The van der Waals surface area contributed by atoms with E-state index < -0.39 is 20.0 Å². The fourth-order valence-corrected chi connectivity index (χ4v) is 5.32. The summed E-state index contributed by atoms with van der Waals surface area (Å²) in [5.74, 6) is -0.193. The summed E-state index contributed by atoms with van der Waals surface area (Å²) in [6, 6.07) is -0.854. The van der Waals surface area contributed by atoms with Crippen molar-refractivity contribution < 1.29 is 32.9 Å². The second-order valence-corrected chi connectivity index (χ2v) is 14.3. The highest BCUT2D eigenvalue weighted by Crippen LogP contribution is 2.43. The number of hydrogen-bond acceptors (Lipinski definition) is 5. The van der Waals surface area contributed by atoms with Crippen LogP contribution >= 0.6 is 7.82 Å². The van der Waals surface area contributed by atoms with E-state index in [2.05, 4.69) is 31.3 Å². The van der Waals surface area contributed by atoms with Crippen molar-refractivity contribution in [3.63, 3.8) is 0 Å². The number of hydrogen-bond donors (Lipinski definition) is 3. The molecule has 3 N–H and O–H groups in total. The van der Waals surface area contributed by atoms with Gasteiger partial charge in [0.25, 0.3) is 0 Å². The molecule has 43 heavy (non-hydrogen) atoms. The Balaban J connectivity index is 4.62. The van der Waals surface area contributed by atoms with Crippen molar-refractivity contribution in [3.05, 3.63) is 24.3 Å². The monoisotopic (exact) mass is 631 g/mol. The van der Waals surface area contributed by atoms with E-state index in [-0.39, 0.29) is 19.1 Å². The topological polar surface area (TPSA) is 105 Å². The molecule has 0 aromatic rings. The number of quaternary nitrogens is 1. The van der Waals surface area contributed by atoms with Gasteiger partial charge in [-0.1, -0.05) is 122 Å². The normalized spacial score (nSPS) is 15.2. The first-order valence-electron chi connectivity index (χ1n) is 17.2. The third-order valence-electron chi connectivity index (χ3n) is 7.42. The lowest BCUT2D eigenvalue weighted by Gasteiger charge is -2.25. The van der Waals surface area contributed by atoms with Gasteiger partial charge in [0.05, 0.1) is 39.9 Å². The summed E-state index contributed by atoms with van der Waals surface area (Å²) in [5.41, 5.74) is 0. The van der Waals surface area contributed by atoms with E-state index in [1.54, 1.807) is 6.08 Å². The summed E-state index contributed by atoms with van der Waals surface area (Å²) in [4.78, 5) is 22.8. The van der Waals surface area contributed by atoms with Gasteiger partial charge in [-0.2, -0.15) is 0 Å². The van der Waals surface area contributed by atoms with Crippen LogP contribution < -0.4 is 5.32 Å². The lowest BCUT2D eigenvalue weighted by molar-refractivity contribution is -0.870. The van der Waals surface area contributed by atoms with Crippen LogP contribution in [0.3, 0.4) is 0 Å². The molecule has 8 nitrogen and oxygen atoms in total. The molecule has 0 saturated heterocycles. The number of phosphoric ester groups is 1. The number of rotatable bonds is 30. The first kappa shape index (κ1) is 42.0. The molecule has 0 rings (SSSR count). The standard InChI is InChI=1S/C34H67N2O6P/c1-6-8-10-12-14-16-17-18-20-22-24-26-28-34(38)35-32(31-42-43(39,40)41-30-29-36(3,4)5)33(37)27-25-23-21-19-15-13-11-9-7-2/h15,19,25,27,32-33,37H,6-14,16-18,20-24,26,28-31H2,1-5H3,(H-,35,38,39,40)/p+1/b19-15+,27-25+/t32-,33+/m0/s1. The number of nitrogens with one attached hydrogen (secondary N) is 1. The van der Waals surface area contributed by atoms with E-state index in [0.717, 1.165) is 38.5 Å². The number of phosphoric acid groups is 1. The van der Waals surface area contributed by atoms with Crippen LogP contribution in [0.1, 0.15) is 136 Å². The smallest absolute Gasteiger partial charge is 0.387 e. The Morgan fingerprint density at radius 3 is 1.86 bits per heavy atom. The Bertz CT molecular complexity index is 768. The van der Waals surface area contributed by atoms with Gasteiger partial charge >= 0.3 is 7.82 Å². The van der Waals surface area contributed by atoms with Crippen LogP contribution in [-0.4, -0.2) is 73.4 Å². The first-order valence-corrected chi connectivity index (χ1v) is 18.7. The van der Waals surface area contributed by atoms with Crippen molar-refractivity contribution in [1.29, 1.82) is 0 Å². The Kier molecular flexibility index (Phi) is 26.7. The Labute approximate surface area is 264 Å². The van der Waals surface area contributed by atoms with E-state index >= 15 is 0 Å². The van der Waals surface area contributed by atoms with Gasteiger partial charge in [0, 0.05) is 6.42 Å². The zero-order valence-electron chi connectivity index (χ0n) is 28.4. The number of allylic oxidation sites excluding steroid dienone is 3. The predicted octanol–water partition coefficient (Wildman–Crippen LogP) is 8.24. The number of unbranched alkanes of at least 4 members (excludes halogenated alkanes) is 15. The highest BCUT2D eigenvalue weighted by molar-refractivity contribution is 7.47. The third-order valence-corrected chi connectivity index (χ3v) is 8.41. The molecule has 0 aliphatic heterocycles. The largest absolute Gasteiger partial charge is 0.472 e. The quantitative estimate of drug-likeness (QED) is 0.0319. The van der Waals surface area contributed by atoms with Crippen LogP contribution in [0.4, 0.5) is 0 Å². The summed E-state index contributed by atoms with van der Waals surface area (Å²) in [5, 5.41) is 13.6. The number of nitrogens with zero attached hydrogens (tertiary/aromatic N) is 1. The van der Waals surface area contributed by atoms with Gasteiger partial charge in [0.1, 0.15) is 13.2 Å². The predicted molar refractivity (Wildman–Crippen MR) is 180 cm³/mol. The lowest BCUT2D eigenvalue weighted by Crippen LogP contribution is -2.45. The molecule has 0 aliphatic carbocycles.